The molecule has 2 aromatic carbocycles. The van der Waals surface area contributed by atoms with Crippen molar-refractivity contribution in [2.45, 2.75) is 25.4 Å². The van der Waals surface area contributed by atoms with Gasteiger partial charge >= 0.3 is 0 Å². The van der Waals surface area contributed by atoms with Gasteiger partial charge in [-0.2, -0.15) is 0 Å². The summed E-state index contributed by atoms with van der Waals surface area (Å²) in [6.45, 7) is 0. The van der Waals surface area contributed by atoms with Crippen LogP contribution in [0.15, 0.2) is 48.5 Å². The van der Waals surface area contributed by atoms with E-state index in [1.54, 1.807) is 0 Å². The highest BCUT2D eigenvalue weighted by Gasteiger charge is 2.07. The molecule has 1 nitrogen and oxygen atoms in total. The van der Waals surface area contributed by atoms with Gasteiger partial charge in [0.2, 0.25) is 0 Å². The van der Waals surface area contributed by atoms with Crippen LogP contribution in [0.2, 0.25) is 10.0 Å². The van der Waals surface area contributed by atoms with Crippen molar-refractivity contribution in [3.63, 3.8) is 0 Å². The summed E-state index contributed by atoms with van der Waals surface area (Å²) in [5.41, 5.74) is 2.12. The Balaban J connectivity index is 1.85. The Morgan fingerprint density at radius 1 is 0.947 bits per heavy atom. The van der Waals surface area contributed by atoms with E-state index in [9.17, 15) is 5.11 Å². The molecule has 0 saturated heterocycles. The van der Waals surface area contributed by atoms with Gasteiger partial charge in [0, 0.05) is 0 Å². The first kappa shape index (κ1) is 14.4. The minimum absolute atomic E-state index is 0.399. The van der Waals surface area contributed by atoms with Crippen LogP contribution in [0.5, 0.6) is 0 Å². The number of halogens is 2. The van der Waals surface area contributed by atoms with Crippen LogP contribution in [-0.2, 0) is 6.42 Å². The third-order valence-electron chi connectivity index (χ3n) is 3.11. The number of aryl methyl sites for hydroxylation is 1. The number of benzene rings is 2. The Kier molecular flexibility index (Phi) is 5.26. The van der Waals surface area contributed by atoms with Crippen molar-refractivity contribution in [1.29, 1.82) is 0 Å². The van der Waals surface area contributed by atoms with Crippen molar-refractivity contribution >= 4 is 23.2 Å². The number of aliphatic hydroxyl groups excluding tert-OH is 1. The lowest BCUT2D eigenvalue weighted by molar-refractivity contribution is 0.164. The molecule has 19 heavy (non-hydrogen) atoms. The van der Waals surface area contributed by atoms with Gasteiger partial charge in [-0.25, -0.2) is 0 Å². The Labute approximate surface area is 123 Å². The second-order valence-electron chi connectivity index (χ2n) is 4.57. The van der Waals surface area contributed by atoms with Crippen molar-refractivity contribution in [2.75, 3.05) is 0 Å². The van der Waals surface area contributed by atoms with Crippen molar-refractivity contribution < 1.29 is 5.11 Å². The molecule has 1 unspecified atom stereocenters. The summed E-state index contributed by atoms with van der Waals surface area (Å²) < 4.78 is 0. The molecule has 0 aliphatic heterocycles. The number of rotatable bonds is 5. The van der Waals surface area contributed by atoms with Gasteiger partial charge in [0.25, 0.3) is 0 Å². The molecular formula is C16H16Cl2O. The second-order valence-corrected chi connectivity index (χ2v) is 5.38. The molecule has 0 radical (unpaired) electrons. The SMILES string of the molecule is OC(CCCc1ccc(Cl)c(Cl)c1)c1ccccc1. The first-order chi connectivity index (χ1) is 9.16. The molecule has 0 spiro atoms. The standard InChI is InChI=1S/C16H16Cl2O/c17-14-10-9-12(11-15(14)18)5-4-8-16(19)13-6-2-1-3-7-13/h1-3,6-7,9-11,16,19H,4-5,8H2. The van der Waals surface area contributed by atoms with Crippen molar-refractivity contribution in [2.24, 2.45) is 0 Å². The molecule has 0 heterocycles. The molecule has 0 fully saturated rings. The van der Waals surface area contributed by atoms with E-state index in [0.717, 1.165) is 30.4 Å². The fourth-order valence-electron chi connectivity index (χ4n) is 2.04. The van der Waals surface area contributed by atoms with Crippen molar-refractivity contribution in [3.8, 4) is 0 Å². The summed E-state index contributed by atoms with van der Waals surface area (Å²) in [4.78, 5) is 0. The van der Waals surface area contributed by atoms with Gasteiger partial charge in [-0.15, -0.1) is 0 Å². The fraction of sp³-hybridized carbons (Fsp3) is 0.250. The lowest BCUT2D eigenvalue weighted by atomic mass is 10.0. The van der Waals surface area contributed by atoms with Gasteiger partial charge in [-0.3, -0.25) is 0 Å². The lowest BCUT2D eigenvalue weighted by Crippen LogP contribution is -1.98. The first-order valence-corrected chi connectivity index (χ1v) is 7.09. The molecule has 0 aliphatic rings. The van der Waals surface area contributed by atoms with E-state index in [4.69, 9.17) is 23.2 Å². The van der Waals surface area contributed by atoms with Crippen LogP contribution < -0.4 is 0 Å². The molecule has 2 rings (SSSR count). The monoisotopic (exact) mass is 294 g/mol. The van der Waals surface area contributed by atoms with E-state index >= 15 is 0 Å². The minimum atomic E-state index is -0.399. The molecular weight excluding hydrogens is 279 g/mol. The summed E-state index contributed by atoms with van der Waals surface area (Å²) in [6.07, 6.45) is 2.14. The third kappa shape index (κ3) is 4.24. The number of aliphatic hydroxyl groups is 1. The topological polar surface area (TPSA) is 20.2 Å². The minimum Gasteiger partial charge on any atom is -0.388 e. The van der Waals surface area contributed by atoms with E-state index in [1.807, 2.05) is 48.5 Å². The van der Waals surface area contributed by atoms with Gasteiger partial charge in [0.1, 0.15) is 0 Å². The van der Waals surface area contributed by atoms with Crippen LogP contribution in [0.25, 0.3) is 0 Å². The molecule has 1 N–H and O–H groups in total. The smallest absolute Gasteiger partial charge is 0.0790 e. The quantitative estimate of drug-likeness (QED) is 0.818. The summed E-state index contributed by atoms with van der Waals surface area (Å²) in [5, 5.41) is 11.2. The highest BCUT2D eigenvalue weighted by Crippen LogP contribution is 2.24. The highest BCUT2D eigenvalue weighted by molar-refractivity contribution is 6.42. The van der Waals surface area contributed by atoms with Gasteiger partial charge in [-0.1, -0.05) is 59.6 Å². The predicted molar refractivity (Wildman–Crippen MR) is 80.8 cm³/mol. The zero-order valence-corrected chi connectivity index (χ0v) is 12.0. The lowest BCUT2D eigenvalue weighted by Gasteiger charge is -2.10. The maximum absolute atomic E-state index is 10.1. The maximum Gasteiger partial charge on any atom is 0.0790 e. The van der Waals surface area contributed by atoms with Crippen LogP contribution in [0, 0.1) is 0 Å². The first-order valence-electron chi connectivity index (χ1n) is 6.34. The number of hydrogen-bond donors (Lipinski definition) is 1. The van der Waals surface area contributed by atoms with Crippen LogP contribution in [0.4, 0.5) is 0 Å². The van der Waals surface area contributed by atoms with E-state index in [2.05, 4.69) is 0 Å². The molecule has 0 aliphatic carbocycles. The summed E-state index contributed by atoms with van der Waals surface area (Å²) in [7, 11) is 0. The van der Waals surface area contributed by atoms with Gasteiger partial charge in [-0.05, 0) is 42.5 Å². The Bertz CT molecular complexity index is 526. The van der Waals surface area contributed by atoms with Gasteiger partial charge < -0.3 is 5.11 Å². The third-order valence-corrected chi connectivity index (χ3v) is 3.85. The zero-order chi connectivity index (χ0) is 13.7. The maximum atomic E-state index is 10.1. The van der Waals surface area contributed by atoms with Crippen LogP contribution >= 0.6 is 23.2 Å². The van der Waals surface area contributed by atoms with Crippen LogP contribution in [0.1, 0.15) is 30.1 Å². The van der Waals surface area contributed by atoms with Crippen molar-refractivity contribution in [3.05, 3.63) is 69.7 Å². The molecule has 1 atom stereocenters. The number of hydrogen-bond acceptors (Lipinski definition) is 1. The second kappa shape index (κ2) is 6.95. The predicted octanol–water partition coefficient (Wildman–Crippen LogP) is 5.05. The van der Waals surface area contributed by atoms with Crippen LogP contribution in [-0.4, -0.2) is 5.11 Å². The summed E-state index contributed by atoms with van der Waals surface area (Å²) >= 11 is 11.8. The Morgan fingerprint density at radius 2 is 1.68 bits per heavy atom. The summed E-state index contributed by atoms with van der Waals surface area (Å²) in [5.74, 6) is 0. The Morgan fingerprint density at radius 3 is 2.37 bits per heavy atom. The van der Waals surface area contributed by atoms with Gasteiger partial charge in [0.15, 0.2) is 0 Å². The molecule has 2 aromatic rings. The molecule has 0 aromatic heterocycles. The fourth-order valence-corrected chi connectivity index (χ4v) is 2.36. The normalized spacial score (nSPS) is 12.4. The van der Waals surface area contributed by atoms with Crippen LogP contribution in [0.3, 0.4) is 0 Å². The molecule has 3 heteroatoms. The van der Waals surface area contributed by atoms with E-state index in [-0.39, 0.29) is 0 Å². The molecule has 0 bridgehead atoms. The van der Waals surface area contributed by atoms with Gasteiger partial charge in [0.05, 0.1) is 16.1 Å². The molecule has 0 saturated carbocycles. The molecule has 0 amide bonds. The van der Waals surface area contributed by atoms with E-state index in [0.29, 0.717) is 10.0 Å². The largest absolute Gasteiger partial charge is 0.388 e. The zero-order valence-electron chi connectivity index (χ0n) is 10.5. The highest BCUT2D eigenvalue weighted by atomic mass is 35.5. The van der Waals surface area contributed by atoms with E-state index in [1.165, 1.54) is 0 Å². The Hall–Kier alpha value is -1.02. The van der Waals surface area contributed by atoms with Crippen molar-refractivity contribution in [1.82, 2.24) is 0 Å². The van der Waals surface area contributed by atoms with E-state index < -0.39 is 6.10 Å². The average molecular weight is 295 g/mol. The summed E-state index contributed by atoms with van der Waals surface area (Å²) in [6, 6.07) is 15.4. The molecule has 100 valence electrons. The average Bonchev–Trinajstić information content (AvgIpc) is 2.43.